The highest BCUT2D eigenvalue weighted by molar-refractivity contribution is 7.18. The molecule has 26 heavy (non-hydrogen) atoms. The molecule has 5 nitrogen and oxygen atoms in total. The van der Waals surface area contributed by atoms with Gasteiger partial charge < -0.3 is 4.90 Å². The third kappa shape index (κ3) is 3.34. The average molecular weight is 372 g/mol. The quantitative estimate of drug-likeness (QED) is 0.571. The molecular weight excluding hydrogens is 342 g/mol. The van der Waals surface area contributed by atoms with E-state index in [1.165, 1.54) is 5.56 Å². The Morgan fingerprint density at radius 3 is 2.58 bits per heavy atom. The van der Waals surface area contributed by atoms with Crippen molar-refractivity contribution in [1.29, 1.82) is 0 Å². The average Bonchev–Trinajstić information content (AvgIpc) is 3.20. The van der Waals surface area contributed by atoms with E-state index in [0.29, 0.717) is 5.92 Å². The summed E-state index contributed by atoms with van der Waals surface area (Å²) < 4.78 is 2.04. The Morgan fingerprint density at radius 1 is 1.19 bits per heavy atom. The lowest BCUT2D eigenvalue weighted by atomic mass is 9.95. The lowest BCUT2D eigenvalue weighted by molar-refractivity contribution is 0.638. The van der Waals surface area contributed by atoms with Crippen molar-refractivity contribution in [3.8, 4) is 10.6 Å². The molecule has 0 fully saturated rings. The number of rotatable bonds is 7. The fraction of sp³-hybridized carbons (Fsp3) is 0.550. The molecule has 3 heterocycles. The molecule has 6 heteroatoms. The molecule has 0 aliphatic heterocycles. The number of anilines is 1. The van der Waals surface area contributed by atoms with Crippen molar-refractivity contribution in [2.24, 2.45) is 0 Å². The first-order chi connectivity index (χ1) is 12.5. The number of aryl methyl sites for hydroxylation is 2. The molecule has 3 aromatic rings. The van der Waals surface area contributed by atoms with Crippen LogP contribution in [0, 0.1) is 13.8 Å². The largest absolute Gasteiger partial charge is 0.351 e. The first-order valence-electron chi connectivity index (χ1n) is 9.54. The number of nitrogens with zero attached hydrogens (tertiary/aromatic N) is 5. The molecule has 0 aliphatic rings. The van der Waals surface area contributed by atoms with Gasteiger partial charge in [0.15, 0.2) is 10.8 Å². The molecular formula is C20H29N5S. The van der Waals surface area contributed by atoms with Crippen LogP contribution < -0.4 is 4.90 Å². The van der Waals surface area contributed by atoms with Crippen molar-refractivity contribution in [2.45, 2.75) is 59.8 Å². The minimum absolute atomic E-state index is 0.515. The zero-order chi connectivity index (χ0) is 18.8. The smallest absolute Gasteiger partial charge is 0.185 e. The van der Waals surface area contributed by atoms with Crippen LogP contribution in [0.25, 0.3) is 16.2 Å². The molecule has 0 bridgehead atoms. The SMILES string of the molecule is CCCN(C)c1ncc(-c2c(C)nc3c(C(CC)CC)cc(C)nn23)s1. The van der Waals surface area contributed by atoms with Crippen molar-refractivity contribution in [3.05, 3.63) is 29.2 Å². The van der Waals surface area contributed by atoms with Gasteiger partial charge in [-0.2, -0.15) is 5.10 Å². The molecule has 0 atom stereocenters. The summed E-state index contributed by atoms with van der Waals surface area (Å²) in [6.07, 6.45) is 5.30. The normalized spacial score (nSPS) is 11.7. The van der Waals surface area contributed by atoms with Gasteiger partial charge in [0.05, 0.1) is 16.3 Å². The van der Waals surface area contributed by atoms with Gasteiger partial charge in [-0.3, -0.25) is 0 Å². The Labute approximate surface area is 160 Å². The summed E-state index contributed by atoms with van der Waals surface area (Å²) in [5.74, 6) is 0.515. The summed E-state index contributed by atoms with van der Waals surface area (Å²) in [6.45, 7) is 11.8. The zero-order valence-corrected chi connectivity index (χ0v) is 17.5. The number of hydrogen-bond donors (Lipinski definition) is 0. The van der Waals surface area contributed by atoms with E-state index in [4.69, 9.17) is 10.1 Å². The maximum atomic E-state index is 4.90. The monoisotopic (exact) mass is 371 g/mol. The van der Waals surface area contributed by atoms with Gasteiger partial charge in [0.25, 0.3) is 0 Å². The van der Waals surface area contributed by atoms with Crippen molar-refractivity contribution in [3.63, 3.8) is 0 Å². The van der Waals surface area contributed by atoms with Crippen LogP contribution in [0.4, 0.5) is 5.13 Å². The minimum atomic E-state index is 0.515. The third-order valence-electron chi connectivity index (χ3n) is 4.95. The Bertz CT molecular complexity index is 891. The second-order valence-electron chi connectivity index (χ2n) is 6.96. The molecule has 0 saturated heterocycles. The van der Waals surface area contributed by atoms with Crippen molar-refractivity contribution < 1.29 is 0 Å². The molecule has 0 saturated carbocycles. The van der Waals surface area contributed by atoms with Crippen LogP contribution >= 0.6 is 11.3 Å². The summed E-state index contributed by atoms with van der Waals surface area (Å²) >= 11 is 1.71. The van der Waals surface area contributed by atoms with E-state index in [0.717, 1.165) is 58.5 Å². The molecule has 3 rings (SSSR count). The summed E-state index contributed by atoms with van der Waals surface area (Å²) in [4.78, 5) is 12.9. The topological polar surface area (TPSA) is 46.3 Å². The van der Waals surface area contributed by atoms with Crippen molar-refractivity contribution in [1.82, 2.24) is 19.6 Å². The molecule has 0 radical (unpaired) electrons. The van der Waals surface area contributed by atoms with Crippen LogP contribution in [0.2, 0.25) is 0 Å². The van der Waals surface area contributed by atoms with Crippen molar-refractivity contribution in [2.75, 3.05) is 18.5 Å². The van der Waals surface area contributed by atoms with Crippen LogP contribution in [-0.4, -0.2) is 33.2 Å². The fourth-order valence-electron chi connectivity index (χ4n) is 3.57. The fourth-order valence-corrected chi connectivity index (χ4v) is 4.56. The summed E-state index contributed by atoms with van der Waals surface area (Å²) in [5.41, 5.74) is 5.43. The number of aromatic nitrogens is 4. The van der Waals surface area contributed by atoms with Crippen LogP contribution in [-0.2, 0) is 0 Å². The Balaban J connectivity index is 2.14. The van der Waals surface area contributed by atoms with Crippen molar-refractivity contribution >= 4 is 22.1 Å². The molecule has 0 aromatic carbocycles. The lowest BCUT2D eigenvalue weighted by Crippen LogP contribution is -2.17. The summed E-state index contributed by atoms with van der Waals surface area (Å²) in [7, 11) is 2.10. The number of fused-ring (bicyclic) bond motifs is 1. The van der Waals surface area contributed by atoms with Gasteiger partial charge >= 0.3 is 0 Å². The molecule has 0 N–H and O–H groups in total. The van der Waals surface area contributed by atoms with Gasteiger partial charge in [-0.15, -0.1) is 0 Å². The van der Waals surface area contributed by atoms with Gasteiger partial charge in [0, 0.05) is 25.4 Å². The van der Waals surface area contributed by atoms with E-state index in [-0.39, 0.29) is 0 Å². The Kier molecular flexibility index (Phi) is 5.61. The van der Waals surface area contributed by atoms with Crippen LogP contribution in [0.15, 0.2) is 12.3 Å². The molecule has 3 aromatic heterocycles. The maximum Gasteiger partial charge on any atom is 0.185 e. The van der Waals surface area contributed by atoms with Crippen LogP contribution in [0.3, 0.4) is 0 Å². The summed E-state index contributed by atoms with van der Waals surface area (Å²) in [6, 6.07) is 2.20. The van der Waals surface area contributed by atoms with Gasteiger partial charge in [-0.25, -0.2) is 14.5 Å². The predicted octanol–water partition coefficient (Wildman–Crippen LogP) is 5.22. The van der Waals surface area contributed by atoms with E-state index >= 15 is 0 Å². The molecule has 0 spiro atoms. The first-order valence-corrected chi connectivity index (χ1v) is 10.4. The number of thiazole rings is 1. The van der Waals surface area contributed by atoms with E-state index < -0.39 is 0 Å². The Morgan fingerprint density at radius 2 is 1.92 bits per heavy atom. The number of imidazole rings is 1. The molecule has 0 amide bonds. The predicted molar refractivity (Wildman–Crippen MR) is 110 cm³/mol. The highest BCUT2D eigenvalue weighted by Crippen LogP contribution is 2.35. The van der Waals surface area contributed by atoms with E-state index in [1.807, 2.05) is 10.7 Å². The maximum absolute atomic E-state index is 4.90. The van der Waals surface area contributed by atoms with E-state index in [1.54, 1.807) is 11.3 Å². The molecule has 0 aliphatic carbocycles. The van der Waals surface area contributed by atoms with E-state index in [9.17, 15) is 0 Å². The van der Waals surface area contributed by atoms with Crippen LogP contribution in [0.5, 0.6) is 0 Å². The third-order valence-corrected chi connectivity index (χ3v) is 6.07. The lowest BCUT2D eigenvalue weighted by Gasteiger charge is -2.14. The molecule has 140 valence electrons. The zero-order valence-electron chi connectivity index (χ0n) is 16.7. The van der Waals surface area contributed by atoms with E-state index in [2.05, 4.69) is 57.6 Å². The number of hydrogen-bond acceptors (Lipinski definition) is 5. The highest BCUT2D eigenvalue weighted by atomic mass is 32.1. The van der Waals surface area contributed by atoms with Gasteiger partial charge in [-0.05, 0) is 45.1 Å². The van der Waals surface area contributed by atoms with Crippen LogP contribution in [0.1, 0.15) is 62.9 Å². The van der Waals surface area contributed by atoms with Gasteiger partial charge in [0.1, 0.15) is 5.69 Å². The first kappa shape index (κ1) is 18.8. The molecule has 0 unspecified atom stereocenters. The highest BCUT2D eigenvalue weighted by Gasteiger charge is 2.21. The summed E-state index contributed by atoms with van der Waals surface area (Å²) in [5, 5.41) is 5.84. The second-order valence-corrected chi connectivity index (χ2v) is 7.97. The standard InChI is InChI=1S/C20H29N5S/c1-7-10-24(6)20-21-12-17(26-20)18-14(5)22-19-16(15(8-2)9-3)11-13(4)23-25(18)19/h11-12,15H,7-10H2,1-6H3. The minimum Gasteiger partial charge on any atom is -0.351 e. The van der Waals surface area contributed by atoms with Gasteiger partial charge in [0.2, 0.25) is 0 Å². The Hall–Kier alpha value is -1.95. The second kappa shape index (κ2) is 7.74. The van der Waals surface area contributed by atoms with Gasteiger partial charge in [-0.1, -0.05) is 32.1 Å².